The van der Waals surface area contributed by atoms with Crippen molar-refractivity contribution in [3.8, 4) is 0 Å². The summed E-state index contributed by atoms with van der Waals surface area (Å²) in [5.41, 5.74) is 0.552. The molecule has 1 atom stereocenters. The Morgan fingerprint density at radius 2 is 1.79 bits per heavy atom. The van der Waals surface area contributed by atoms with Gasteiger partial charge < -0.3 is 19.9 Å². The fourth-order valence-electron chi connectivity index (χ4n) is 3.19. The summed E-state index contributed by atoms with van der Waals surface area (Å²) < 4.78 is 6.18. The van der Waals surface area contributed by atoms with Crippen molar-refractivity contribution < 1.29 is 19.5 Å². The number of hydrogen-bond acceptors (Lipinski definition) is 5. The molecule has 0 aliphatic heterocycles. The van der Waals surface area contributed by atoms with Gasteiger partial charge in [0, 0.05) is 6.42 Å². The van der Waals surface area contributed by atoms with Crippen LogP contribution in [0.4, 0.5) is 0 Å². The van der Waals surface area contributed by atoms with Gasteiger partial charge in [-0.15, -0.1) is 0 Å². The van der Waals surface area contributed by atoms with Gasteiger partial charge in [0.1, 0.15) is 18.1 Å². The van der Waals surface area contributed by atoms with E-state index in [4.69, 9.17) is 9.52 Å². The van der Waals surface area contributed by atoms with Crippen molar-refractivity contribution >= 4 is 11.9 Å². The first kappa shape index (κ1) is 18.5. The first-order valence-corrected chi connectivity index (χ1v) is 8.95. The van der Waals surface area contributed by atoms with Crippen LogP contribution in [0.2, 0.25) is 0 Å². The molecule has 0 saturated heterocycles. The van der Waals surface area contributed by atoms with Crippen LogP contribution in [-0.4, -0.2) is 33.0 Å². The van der Waals surface area contributed by atoms with Gasteiger partial charge in [0.05, 0.1) is 0 Å². The predicted molar refractivity (Wildman–Crippen MR) is 92.6 cm³/mol. The van der Waals surface area contributed by atoms with Crippen molar-refractivity contribution in [3.63, 3.8) is 0 Å². The van der Waals surface area contributed by atoms with Crippen LogP contribution >= 0.6 is 0 Å². The van der Waals surface area contributed by atoms with Gasteiger partial charge in [0.15, 0.2) is 5.76 Å². The van der Waals surface area contributed by atoms with Crippen LogP contribution in [0.15, 0.2) is 21.7 Å². The van der Waals surface area contributed by atoms with E-state index in [0.29, 0.717) is 30.1 Å². The topological polar surface area (TPSA) is 92.0 Å². The number of rotatable bonds is 3. The maximum atomic E-state index is 12.6. The molecule has 0 bridgehead atoms. The Kier molecular flexibility index (Phi) is 7.82. The average molecular weight is 336 g/mol. The van der Waals surface area contributed by atoms with E-state index in [1.54, 1.807) is 12.1 Å². The molecule has 0 spiro atoms. The van der Waals surface area contributed by atoms with Crippen molar-refractivity contribution in [3.05, 3.63) is 28.9 Å². The maximum absolute atomic E-state index is 12.6. The molecule has 134 valence electrons. The summed E-state index contributed by atoms with van der Waals surface area (Å²) >= 11 is 0. The Morgan fingerprint density at radius 3 is 2.42 bits per heavy atom. The molecule has 1 heterocycles. The lowest BCUT2D eigenvalue weighted by atomic mass is 9.96. The van der Waals surface area contributed by atoms with Crippen LogP contribution in [0.3, 0.4) is 0 Å². The first-order chi connectivity index (χ1) is 11.7. The third-order valence-corrected chi connectivity index (χ3v) is 4.57. The number of hydrogen-bond donors (Lipinski definition) is 2. The van der Waals surface area contributed by atoms with Crippen LogP contribution in [0.1, 0.15) is 75.7 Å². The van der Waals surface area contributed by atoms with E-state index in [1.165, 1.54) is 31.9 Å². The Morgan fingerprint density at radius 1 is 1.12 bits per heavy atom. The number of hydroxylamine groups is 1. The average Bonchev–Trinajstić information content (AvgIpc) is 3.02. The minimum absolute atomic E-state index is 0.195. The van der Waals surface area contributed by atoms with Crippen molar-refractivity contribution in [2.75, 3.05) is 0 Å². The summed E-state index contributed by atoms with van der Waals surface area (Å²) in [4.78, 5) is 0. The molecule has 0 aromatic carbocycles. The number of aliphatic hydroxyl groups is 1. The van der Waals surface area contributed by atoms with Crippen LogP contribution in [0, 0.1) is 5.21 Å². The Hall–Kier alpha value is -1.82. The van der Waals surface area contributed by atoms with Crippen LogP contribution in [-0.2, 0) is 6.61 Å². The molecule has 24 heavy (non-hydrogen) atoms. The zero-order chi connectivity index (χ0) is 17.2. The molecule has 1 unspecified atom stereocenters. The molecule has 1 saturated carbocycles. The van der Waals surface area contributed by atoms with Crippen molar-refractivity contribution in [2.24, 2.45) is 5.16 Å². The number of nitrogens with zero attached hydrogens (tertiary/aromatic N) is 2. The number of furan rings is 1. The molecule has 0 radical (unpaired) electrons. The molecular formula is C18H28N2O4. The fraction of sp³-hybridized carbons (Fsp3) is 0.667. The molecule has 6 nitrogen and oxygen atoms in total. The fourth-order valence-corrected chi connectivity index (χ4v) is 3.19. The Labute approximate surface area is 143 Å². The molecule has 2 rings (SSSR count). The zero-order valence-electron chi connectivity index (χ0n) is 14.2. The monoisotopic (exact) mass is 336 g/mol. The summed E-state index contributed by atoms with van der Waals surface area (Å²) in [5.74, 6) is 0.821. The summed E-state index contributed by atoms with van der Waals surface area (Å²) in [7, 11) is 0. The summed E-state index contributed by atoms with van der Waals surface area (Å²) in [6.45, 7) is -0.195. The standard InChI is InChI=1S/C18H28N2O4/c21-14-16-12-11-15(24-16)13-20(23)18-10-8-6-4-2-1-3-5-7-9-17(18)19-22/h11-13,18,21-22H,1-10,14H2. The first-order valence-electron chi connectivity index (χ1n) is 8.95. The Balaban J connectivity index is 2.12. The number of oxime groups is 1. The summed E-state index contributed by atoms with van der Waals surface area (Å²) in [6.07, 6.45) is 11.7. The predicted octanol–water partition coefficient (Wildman–Crippen LogP) is 3.81. The van der Waals surface area contributed by atoms with Gasteiger partial charge in [0.25, 0.3) is 0 Å². The second kappa shape index (κ2) is 10.1. The Bertz CT molecular complexity index is 551. The van der Waals surface area contributed by atoms with Gasteiger partial charge in [0.2, 0.25) is 12.3 Å². The lowest BCUT2D eigenvalue weighted by Gasteiger charge is -2.18. The van der Waals surface area contributed by atoms with E-state index in [2.05, 4.69) is 5.16 Å². The highest BCUT2D eigenvalue weighted by atomic mass is 16.5. The largest absolute Gasteiger partial charge is 0.623 e. The smallest absolute Gasteiger partial charge is 0.218 e. The minimum atomic E-state index is -0.461. The van der Waals surface area contributed by atoms with Gasteiger partial charge in [-0.05, 0) is 31.4 Å². The zero-order valence-corrected chi connectivity index (χ0v) is 14.2. The third kappa shape index (κ3) is 5.67. The third-order valence-electron chi connectivity index (χ3n) is 4.57. The van der Waals surface area contributed by atoms with E-state index in [-0.39, 0.29) is 6.61 Å². The second-order valence-corrected chi connectivity index (χ2v) is 6.43. The minimum Gasteiger partial charge on any atom is -0.623 e. The van der Waals surface area contributed by atoms with Crippen molar-refractivity contribution in [1.29, 1.82) is 0 Å². The quantitative estimate of drug-likeness (QED) is 0.288. The highest BCUT2D eigenvalue weighted by Gasteiger charge is 2.24. The maximum Gasteiger partial charge on any atom is 0.218 e. The molecule has 2 N–H and O–H groups in total. The lowest BCUT2D eigenvalue weighted by molar-refractivity contribution is -0.478. The molecule has 1 fully saturated rings. The molecule has 1 aliphatic carbocycles. The number of aliphatic hydroxyl groups excluding tert-OH is 1. The lowest BCUT2D eigenvalue weighted by Crippen LogP contribution is -2.32. The highest BCUT2D eigenvalue weighted by Crippen LogP contribution is 2.18. The highest BCUT2D eigenvalue weighted by molar-refractivity contribution is 5.88. The van der Waals surface area contributed by atoms with Crippen molar-refractivity contribution in [1.82, 2.24) is 0 Å². The van der Waals surface area contributed by atoms with E-state index in [1.807, 2.05) is 0 Å². The van der Waals surface area contributed by atoms with E-state index >= 15 is 0 Å². The van der Waals surface area contributed by atoms with Gasteiger partial charge in [-0.25, -0.2) is 0 Å². The molecule has 1 aromatic rings. The van der Waals surface area contributed by atoms with Gasteiger partial charge in [-0.2, -0.15) is 4.74 Å². The molecule has 0 amide bonds. The van der Waals surface area contributed by atoms with E-state index < -0.39 is 6.04 Å². The molecule has 6 heteroatoms. The molecule has 1 aromatic heterocycles. The molecule has 1 aliphatic rings. The van der Waals surface area contributed by atoms with Crippen LogP contribution in [0.25, 0.3) is 0 Å². The van der Waals surface area contributed by atoms with Gasteiger partial charge >= 0.3 is 0 Å². The summed E-state index contributed by atoms with van der Waals surface area (Å²) in [5, 5.41) is 34.4. The normalized spacial score (nSPS) is 23.6. The van der Waals surface area contributed by atoms with E-state index in [0.717, 1.165) is 30.4 Å². The van der Waals surface area contributed by atoms with Crippen LogP contribution in [0.5, 0.6) is 0 Å². The van der Waals surface area contributed by atoms with Crippen molar-refractivity contribution in [2.45, 2.75) is 76.9 Å². The second-order valence-electron chi connectivity index (χ2n) is 6.43. The van der Waals surface area contributed by atoms with Gasteiger partial charge in [-0.3, -0.25) is 0 Å². The van der Waals surface area contributed by atoms with E-state index in [9.17, 15) is 10.4 Å². The summed E-state index contributed by atoms with van der Waals surface area (Å²) in [6, 6.07) is 2.83. The SMILES string of the molecule is [O-][N+](=Cc1ccc(CO)o1)C1CCCCCCCCCCC1=NO. The van der Waals surface area contributed by atoms with Gasteiger partial charge in [-0.1, -0.05) is 43.7 Å². The van der Waals surface area contributed by atoms with Crippen LogP contribution < -0.4 is 0 Å². The molecular weight excluding hydrogens is 308 g/mol.